The topological polar surface area (TPSA) is 75.9 Å². The molecule has 1 saturated heterocycles. The second-order valence-corrected chi connectivity index (χ2v) is 4.80. The van der Waals surface area contributed by atoms with E-state index >= 15 is 0 Å². The van der Waals surface area contributed by atoms with Gasteiger partial charge in [0, 0.05) is 44.0 Å². The van der Waals surface area contributed by atoms with Crippen LogP contribution in [0.3, 0.4) is 0 Å². The summed E-state index contributed by atoms with van der Waals surface area (Å²) in [5.41, 5.74) is 0.897. The summed E-state index contributed by atoms with van der Waals surface area (Å²) in [5, 5.41) is 10.8. The molecule has 21 heavy (non-hydrogen) atoms. The highest BCUT2D eigenvalue weighted by molar-refractivity contribution is 5.67. The minimum atomic E-state index is -0.397. The van der Waals surface area contributed by atoms with Crippen LogP contribution in [0.4, 0.5) is 16.2 Å². The van der Waals surface area contributed by atoms with Gasteiger partial charge in [0.05, 0.1) is 11.5 Å². The lowest BCUT2D eigenvalue weighted by molar-refractivity contribution is -0.384. The minimum absolute atomic E-state index is 0.0824. The SMILES string of the molecule is CCOC(=O)N1CCCN(c2cccc([N+](=O)[O-])c2)CC1. The summed E-state index contributed by atoms with van der Waals surface area (Å²) in [5.74, 6) is 0. The molecule has 1 amide bonds. The number of nitro groups is 1. The fourth-order valence-corrected chi connectivity index (χ4v) is 2.38. The first-order valence-electron chi connectivity index (χ1n) is 7.03. The highest BCUT2D eigenvalue weighted by Gasteiger charge is 2.20. The number of nitrogens with zero attached hydrogens (tertiary/aromatic N) is 3. The number of hydrogen-bond acceptors (Lipinski definition) is 5. The van der Waals surface area contributed by atoms with E-state index in [0.29, 0.717) is 26.2 Å². The summed E-state index contributed by atoms with van der Waals surface area (Å²) in [4.78, 5) is 25.9. The van der Waals surface area contributed by atoms with Crippen LogP contribution >= 0.6 is 0 Å². The lowest BCUT2D eigenvalue weighted by Crippen LogP contribution is -2.35. The summed E-state index contributed by atoms with van der Waals surface area (Å²) in [6.07, 6.45) is 0.514. The van der Waals surface area contributed by atoms with Gasteiger partial charge in [-0.25, -0.2) is 4.79 Å². The highest BCUT2D eigenvalue weighted by Crippen LogP contribution is 2.22. The first kappa shape index (κ1) is 15.1. The number of amides is 1. The van der Waals surface area contributed by atoms with Crippen LogP contribution in [0.1, 0.15) is 13.3 Å². The molecule has 1 aromatic carbocycles. The lowest BCUT2D eigenvalue weighted by Gasteiger charge is -2.23. The fourth-order valence-electron chi connectivity index (χ4n) is 2.38. The van der Waals surface area contributed by atoms with Gasteiger partial charge in [0.1, 0.15) is 0 Å². The Balaban J connectivity index is 2.04. The number of rotatable bonds is 3. The van der Waals surface area contributed by atoms with Crippen molar-refractivity contribution in [1.82, 2.24) is 4.90 Å². The van der Waals surface area contributed by atoms with Crippen LogP contribution in [0.5, 0.6) is 0 Å². The fraction of sp³-hybridized carbons (Fsp3) is 0.500. The van der Waals surface area contributed by atoms with E-state index in [1.807, 2.05) is 6.07 Å². The van der Waals surface area contributed by atoms with Crippen molar-refractivity contribution in [2.24, 2.45) is 0 Å². The first-order chi connectivity index (χ1) is 10.1. The number of hydrogen-bond donors (Lipinski definition) is 0. The van der Waals surface area contributed by atoms with Crippen molar-refractivity contribution in [3.8, 4) is 0 Å². The van der Waals surface area contributed by atoms with E-state index < -0.39 is 4.92 Å². The van der Waals surface area contributed by atoms with Crippen molar-refractivity contribution in [2.75, 3.05) is 37.7 Å². The van der Waals surface area contributed by atoms with Crippen LogP contribution in [-0.4, -0.2) is 48.7 Å². The Kier molecular flexibility index (Phi) is 4.97. The molecule has 1 fully saturated rings. The van der Waals surface area contributed by atoms with Gasteiger partial charge in [-0.1, -0.05) is 6.07 Å². The molecule has 1 aromatic rings. The third-order valence-corrected chi connectivity index (χ3v) is 3.43. The zero-order valence-electron chi connectivity index (χ0n) is 12.0. The van der Waals surface area contributed by atoms with E-state index in [2.05, 4.69) is 4.90 Å². The van der Waals surface area contributed by atoms with E-state index in [1.54, 1.807) is 24.0 Å². The molecular weight excluding hydrogens is 274 g/mol. The average molecular weight is 293 g/mol. The van der Waals surface area contributed by atoms with Crippen molar-refractivity contribution in [1.29, 1.82) is 0 Å². The summed E-state index contributed by atoms with van der Waals surface area (Å²) >= 11 is 0. The highest BCUT2D eigenvalue weighted by atomic mass is 16.6. The van der Waals surface area contributed by atoms with Crippen LogP contribution in [0.2, 0.25) is 0 Å². The summed E-state index contributed by atoms with van der Waals surface area (Å²) in [6.45, 7) is 4.75. The van der Waals surface area contributed by atoms with Crippen LogP contribution in [0.15, 0.2) is 24.3 Å². The molecule has 0 saturated carbocycles. The molecule has 0 aliphatic carbocycles. The second kappa shape index (κ2) is 6.92. The van der Waals surface area contributed by atoms with E-state index in [0.717, 1.165) is 18.7 Å². The van der Waals surface area contributed by atoms with Gasteiger partial charge in [-0.15, -0.1) is 0 Å². The van der Waals surface area contributed by atoms with Crippen molar-refractivity contribution in [3.05, 3.63) is 34.4 Å². The van der Waals surface area contributed by atoms with Gasteiger partial charge < -0.3 is 14.5 Å². The molecule has 1 heterocycles. The Morgan fingerprint density at radius 3 is 2.86 bits per heavy atom. The Labute approximate surface area is 123 Å². The largest absolute Gasteiger partial charge is 0.450 e. The molecule has 114 valence electrons. The Morgan fingerprint density at radius 2 is 2.14 bits per heavy atom. The molecule has 0 aromatic heterocycles. The third-order valence-electron chi connectivity index (χ3n) is 3.43. The van der Waals surface area contributed by atoms with E-state index in [1.165, 1.54) is 6.07 Å². The molecule has 0 unspecified atom stereocenters. The van der Waals surface area contributed by atoms with Crippen molar-refractivity contribution in [3.63, 3.8) is 0 Å². The number of carbonyl (C=O) groups is 1. The summed E-state index contributed by atoms with van der Waals surface area (Å²) in [7, 11) is 0. The maximum Gasteiger partial charge on any atom is 0.409 e. The third kappa shape index (κ3) is 3.84. The van der Waals surface area contributed by atoms with Gasteiger partial charge in [-0.05, 0) is 19.4 Å². The molecule has 0 radical (unpaired) electrons. The summed E-state index contributed by atoms with van der Waals surface area (Å²) in [6, 6.07) is 6.58. The van der Waals surface area contributed by atoms with Crippen molar-refractivity contribution >= 4 is 17.5 Å². The Morgan fingerprint density at radius 1 is 1.33 bits per heavy atom. The number of non-ortho nitro benzene ring substituents is 1. The zero-order valence-corrected chi connectivity index (χ0v) is 12.0. The number of nitro benzene ring substituents is 1. The molecule has 2 rings (SSSR count). The maximum absolute atomic E-state index is 11.7. The number of carbonyl (C=O) groups excluding carboxylic acids is 1. The minimum Gasteiger partial charge on any atom is -0.450 e. The smallest absolute Gasteiger partial charge is 0.409 e. The quantitative estimate of drug-likeness (QED) is 0.631. The van der Waals surface area contributed by atoms with Crippen molar-refractivity contribution < 1.29 is 14.5 Å². The molecule has 0 bridgehead atoms. The maximum atomic E-state index is 11.7. The van der Waals surface area contributed by atoms with E-state index in [9.17, 15) is 14.9 Å². The van der Waals surface area contributed by atoms with Gasteiger partial charge in [0.2, 0.25) is 0 Å². The predicted molar refractivity (Wildman–Crippen MR) is 78.5 cm³/mol. The summed E-state index contributed by atoms with van der Waals surface area (Å²) < 4.78 is 5.01. The van der Waals surface area contributed by atoms with E-state index in [-0.39, 0.29) is 11.8 Å². The number of anilines is 1. The van der Waals surface area contributed by atoms with Gasteiger partial charge in [0.15, 0.2) is 0 Å². The molecular formula is C14H19N3O4. The van der Waals surface area contributed by atoms with Gasteiger partial charge in [-0.2, -0.15) is 0 Å². The second-order valence-electron chi connectivity index (χ2n) is 4.80. The van der Waals surface area contributed by atoms with E-state index in [4.69, 9.17) is 4.74 Å². The van der Waals surface area contributed by atoms with Crippen molar-refractivity contribution in [2.45, 2.75) is 13.3 Å². The van der Waals surface area contributed by atoms with Gasteiger partial charge in [-0.3, -0.25) is 10.1 Å². The monoisotopic (exact) mass is 293 g/mol. The molecule has 1 aliphatic rings. The van der Waals surface area contributed by atoms with Crippen LogP contribution in [0.25, 0.3) is 0 Å². The standard InChI is InChI=1S/C14H19N3O4/c1-2-21-14(18)16-8-4-7-15(9-10-16)12-5-3-6-13(11-12)17(19)20/h3,5-6,11H,2,4,7-10H2,1H3. The number of ether oxygens (including phenoxy) is 1. The van der Waals surface area contributed by atoms with Crippen LogP contribution < -0.4 is 4.90 Å². The van der Waals surface area contributed by atoms with Gasteiger partial charge >= 0.3 is 6.09 Å². The molecule has 0 N–H and O–H groups in total. The molecule has 1 aliphatic heterocycles. The molecule has 7 heteroatoms. The Bertz CT molecular complexity index is 521. The first-order valence-corrected chi connectivity index (χ1v) is 7.03. The average Bonchev–Trinajstić information content (AvgIpc) is 2.73. The number of benzene rings is 1. The predicted octanol–water partition coefficient (Wildman–Crippen LogP) is 2.26. The molecule has 7 nitrogen and oxygen atoms in total. The molecule has 0 spiro atoms. The zero-order chi connectivity index (χ0) is 15.2. The molecule has 0 atom stereocenters. The normalized spacial score (nSPS) is 15.5. The van der Waals surface area contributed by atoms with Crippen LogP contribution in [0, 0.1) is 10.1 Å². The van der Waals surface area contributed by atoms with Crippen LogP contribution in [-0.2, 0) is 4.74 Å². The van der Waals surface area contributed by atoms with Gasteiger partial charge in [0.25, 0.3) is 5.69 Å². The lowest BCUT2D eigenvalue weighted by atomic mass is 10.2. The Hall–Kier alpha value is -2.31.